The van der Waals surface area contributed by atoms with Gasteiger partial charge in [0.1, 0.15) is 12.0 Å². The number of aromatic nitrogens is 2. The zero-order valence-corrected chi connectivity index (χ0v) is 10.3. The molecule has 0 aromatic carbocycles. The molecule has 0 atom stereocenters. The third-order valence-corrected chi connectivity index (χ3v) is 2.59. The Morgan fingerprint density at radius 1 is 1.41 bits per heavy atom. The third kappa shape index (κ3) is 2.42. The second kappa shape index (κ2) is 4.77. The normalized spacial score (nSPS) is 16.9. The summed E-state index contributed by atoms with van der Waals surface area (Å²) in [6.07, 6.45) is 2.81. The number of nitrogens with zero attached hydrogens (tertiary/aromatic N) is 5. The van der Waals surface area contributed by atoms with Gasteiger partial charge in [0.25, 0.3) is 0 Å². The van der Waals surface area contributed by atoms with Gasteiger partial charge in [0.2, 0.25) is 11.9 Å². The lowest BCUT2D eigenvalue weighted by Gasteiger charge is -2.12. The Balaban J connectivity index is 2.42. The molecule has 1 aromatic heterocycles. The van der Waals surface area contributed by atoms with E-state index in [0.29, 0.717) is 6.54 Å². The van der Waals surface area contributed by atoms with Crippen LogP contribution in [0.2, 0.25) is 10.3 Å². The average Bonchev–Trinajstić information content (AvgIpc) is 2.72. The number of carbonyl (C=O) groups is 1. The molecular formula is C9H7Cl2N5O. The fraction of sp³-hybridized carbons (Fsp3) is 0.222. The Bertz CT molecular complexity index is 508. The van der Waals surface area contributed by atoms with Gasteiger partial charge in [0, 0.05) is 13.1 Å². The molecule has 2 heterocycles. The predicted molar refractivity (Wildman–Crippen MR) is 65.0 cm³/mol. The van der Waals surface area contributed by atoms with E-state index in [1.54, 1.807) is 6.21 Å². The van der Waals surface area contributed by atoms with Crippen LogP contribution in [0.25, 0.3) is 0 Å². The van der Waals surface area contributed by atoms with E-state index in [1.165, 1.54) is 18.2 Å². The van der Waals surface area contributed by atoms with Crippen LogP contribution >= 0.6 is 23.2 Å². The van der Waals surface area contributed by atoms with Crippen LogP contribution in [0, 0.1) is 0 Å². The van der Waals surface area contributed by atoms with Crippen molar-refractivity contribution in [2.45, 2.75) is 6.92 Å². The summed E-state index contributed by atoms with van der Waals surface area (Å²) in [5.74, 6) is 0.0708. The van der Waals surface area contributed by atoms with Crippen LogP contribution < -0.4 is 0 Å². The number of halogens is 2. The van der Waals surface area contributed by atoms with Crippen LogP contribution in [-0.4, -0.2) is 39.5 Å². The molecule has 0 saturated carbocycles. The van der Waals surface area contributed by atoms with Gasteiger partial charge in [-0.05, 0) is 0 Å². The summed E-state index contributed by atoms with van der Waals surface area (Å²) in [4.78, 5) is 28.3. The molecule has 1 aromatic rings. The summed E-state index contributed by atoms with van der Waals surface area (Å²) in [6.45, 7) is 1.81. The van der Waals surface area contributed by atoms with Crippen molar-refractivity contribution in [1.82, 2.24) is 14.9 Å². The van der Waals surface area contributed by atoms with Gasteiger partial charge in [-0.2, -0.15) is 0 Å². The molecule has 0 radical (unpaired) electrons. The van der Waals surface area contributed by atoms with Crippen molar-refractivity contribution in [2.24, 2.45) is 9.98 Å². The molecule has 1 amide bonds. The molecule has 8 heteroatoms. The van der Waals surface area contributed by atoms with E-state index in [1.807, 2.05) is 0 Å². The Labute approximate surface area is 107 Å². The van der Waals surface area contributed by atoms with Crippen LogP contribution in [0.3, 0.4) is 0 Å². The van der Waals surface area contributed by atoms with Gasteiger partial charge in [-0.15, -0.1) is 0 Å². The minimum Gasteiger partial charge on any atom is -0.275 e. The number of amides is 1. The first kappa shape index (κ1) is 11.9. The first-order chi connectivity index (χ1) is 8.09. The van der Waals surface area contributed by atoms with Gasteiger partial charge in [0.15, 0.2) is 10.3 Å². The number of guanidine groups is 1. The fourth-order valence-electron chi connectivity index (χ4n) is 1.24. The lowest BCUT2D eigenvalue weighted by Crippen LogP contribution is -2.30. The molecule has 0 aliphatic carbocycles. The standard InChI is InChI=1S/C9H7Cl2N5O/c1-5(17)16-3-2-12-9(16)15-6-7(10)13-4-14-8(6)11/h2,4H,3H2,1H3. The monoisotopic (exact) mass is 271 g/mol. The second-order valence-corrected chi connectivity index (χ2v) is 3.87. The first-order valence-electron chi connectivity index (χ1n) is 4.65. The van der Waals surface area contributed by atoms with Crippen LogP contribution in [0.4, 0.5) is 5.69 Å². The van der Waals surface area contributed by atoms with Crippen molar-refractivity contribution in [3.63, 3.8) is 0 Å². The number of aliphatic imine (C=N–C) groups is 2. The van der Waals surface area contributed by atoms with Crippen LogP contribution in [0.1, 0.15) is 6.92 Å². The van der Waals surface area contributed by atoms with Crippen molar-refractivity contribution in [3.05, 3.63) is 16.6 Å². The smallest absolute Gasteiger partial charge is 0.232 e. The maximum atomic E-state index is 11.3. The quantitative estimate of drug-likeness (QED) is 0.730. The zero-order valence-electron chi connectivity index (χ0n) is 8.76. The second-order valence-electron chi connectivity index (χ2n) is 3.16. The molecule has 2 rings (SSSR count). The Hall–Kier alpha value is -1.53. The minimum absolute atomic E-state index is 0.114. The maximum absolute atomic E-state index is 11.3. The lowest BCUT2D eigenvalue weighted by molar-refractivity contribution is -0.124. The Kier molecular flexibility index (Phi) is 3.35. The molecule has 1 aliphatic rings. The molecule has 0 fully saturated rings. The van der Waals surface area contributed by atoms with E-state index in [2.05, 4.69) is 20.0 Å². The van der Waals surface area contributed by atoms with E-state index < -0.39 is 0 Å². The highest BCUT2D eigenvalue weighted by Gasteiger charge is 2.20. The molecule has 17 heavy (non-hydrogen) atoms. The zero-order chi connectivity index (χ0) is 12.4. The van der Waals surface area contributed by atoms with E-state index >= 15 is 0 Å². The van der Waals surface area contributed by atoms with Crippen LogP contribution in [0.15, 0.2) is 16.3 Å². The van der Waals surface area contributed by atoms with Gasteiger partial charge in [0.05, 0.1) is 6.54 Å². The summed E-state index contributed by atoms with van der Waals surface area (Å²) in [7, 11) is 0. The molecule has 6 nitrogen and oxygen atoms in total. The topological polar surface area (TPSA) is 70.8 Å². The van der Waals surface area contributed by atoms with Crippen molar-refractivity contribution in [2.75, 3.05) is 6.54 Å². The van der Waals surface area contributed by atoms with Gasteiger partial charge < -0.3 is 0 Å². The highest BCUT2D eigenvalue weighted by atomic mass is 35.5. The van der Waals surface area contributed by atoms with Crippen molar-refractivity contribution in [3.8, 4) is 0 Å². The maximum Gasteiger partial charge on any atom is 0.232 e. The summed E-state index contributed by atoms with van der Waals surface area (Å²) in [5.41, 5.74) is 0.205. The van der Waals surface area contributed by atoms with E-state index in [-0.39, 0.29) is 27.9 Å². The third-order valence-electron chi connectivity index (χ3n) is 2.04. The molecule has 0 N–H and O–H groups in total. The molecule has 88 valence electrons. The summed E-state index contributed by atoms with van der Waals surface area (Å²) >= 11 is 11.7. The minimum atomic E-state index is -0.162. The average molecular weight is 272 g/mol. The molecule has 0 unspecified atom stereocenters. The van der Waals surface area contributed by atoms with Crippen molar-refractivity contribution < 1.29 is 4.79 Å². The van der Waals surface area contributed by atoms with Crippen molar-refractivity contribution in [1.29, 1.82) is 0 Å². The lowest BCUT2D eigenvalue weighted by atomic mass is 10.5. The first-order valence-corrected chi connectivity index (χ1v) is 5.40. The Morgan fingerprint density at radius 2 is 2.06 bits per heavy atom. The summed E-state index contributed by atoms with van der Waals surface area (Å²) < 4.78 is 0. The number of hydrogen-bond donors (Lipinski definition) is 0. The molecule has 0 bridgehead atoms. The van der Waals surface area contributed by atoms with Crippen LogP contribution in [-0.2, 0) is 4.79 Å². The summed E-state index contributed by atoms with van der Waals surface area (Å²) in [5, 5.41) is 0.228. The predicted octanol–water partition coefficient (Wildman–Crippen LogP) is 1.70. The highest BCUT2D eigenvalue weighted by Crippen LogP contribution is 2.29. The fourth-order valence-corrected chi connectivity index (χ4v) is 1.64. The molecule has 0 spiro atoms. The number of carbonyl (C=O) groups excluding carboxylic acids is 1. The van der Waals surface area contributed by atoms with Crippen molar-refractivity contribution >= 4 is 47.0 Å². The SMILES string of the molecule is CC(=O)N1CC=NC1=Nc1c(Cl)ncnc1Cl. The van der Waals surface area contributed by atoms with E-state index in [9.17, 15) is 4.79 Å². The molecular weight excluding hydrogens is 265 g/mol. The Morgan fingerprint density at radius 3 is 2.65 bits per heavy atom. The van der Waals surface area contributed by atoms with E-state index in [4.69, 9.17) is 23.2 Å². The summed E-state index contributed by atoms with van der Waals surface area (Å²) in [6, 6.07) is 0. The van der Waals surface area contributed by atoms with Gasteiger partial charge in [-0.1, -0.05) is 23.2 Å². The number of rotatable bonds is 1. The van der Waals surface area contributed by atoms with E-state index in [0.717, 1.165) is 0 Å². The number of hydrogen-bond acceptors (Lipinski definition) is 4. The highest BCUT2D eigenvalue weighted by molar-refractivity contribution is 6.37. The van der Waals surface area contributed by atoms with Gasteiger partial charge in [-0.3, -0.25) is 9.69 Å². The molecule has 1 aliphatic heterocycles. The van der Waals surface area contributed by atoms with Gasteiger partial charge >= 0.3 is 0 Å². The van der Waals surface area contributed by atoms with Gasteiger partial charge in [-0.25, -0.2) is 20.0 Å². The van der Waals surface area contributed by atoms with Crippen LogP contribution in [0.5, 0.6) is 0 Å². The largest absolute Gasteiger partial charge is 0.275 e. The molecule has 0 saturated heterocycles.